The SMILES string of the molecule is NC(=O)c1ncn([C@@]2(O)CO[C@H](CO)[C@H]2O)c1NC(N)=S. The zero-order valence-electron chi connectivity index (χ0n) is 10.8. The highest BCUT2D eigenvalue weighted by Crippen LogP contribution is 2.33. The van der Waals surface area contributed by atoms with Crippen LogP contribution in [0.25, 0.3) is 0 Å². The van der Waals surface area contributed by atoms with E-state index in [0.29, 0.717) is 0 Å². The second kappa shape index (κ2) is 5.54. The number of imidazole rings is 1. The van der Waals surface area contributed by atoms with Crippen LogP contribution in [-0.4, -0.2) is 61.3 Å². The number of anilines is 1. The van der Waals surface area contributed by atoms with Gasteiger partial charge in [-0.3, -0.25) is 9.36 Å². The third-order valence-corrected chi connectivity index (χ3v) is 3.28. The van der Waals surface area contributed by atoms with Crippen molar-refractivity contribution in [3.63, 3.8) is 0 Å². The summed E-state index contributed by atoms with van der Waals surface area (Å²) in [6.45, 7) is -0.821. The van der Waals surface area contributed by atoms with Crippen molar-refractivity contribution in [2.24, 2.45) is 11.5 Å². The van der Waals surface area contributed by atoms with Crippen LogP contribution in [-0.2, 0) is 10.5 Å². The molecule has 0 aromatic carbocycles. The number of nitrogens with one attached hydrogen (secondary N) is 1. The van der Waals surface area contributed by atoms with Crippen LogP contribution in [0, 0.1) is 0 Å². The average molecular weight is 317 g/mol. The lowest BCUT2D eigenvalue weighted by atomic mass is 10.1. The van der Waals surface area contributed by atoms with E-state index in [-0.39, 0.29) is 23.2 Å². The molecule has 1 aliphatic rings. The number of aliphatic hydroxyl groups is 3. The van der Waals surface area contributed by atoms with Crippen molar-refractivity contribution < 1.29 is 24.9 Å². The maximum atomic E-state index is 11.3. The highest BCUT2D eigenvalue weighted by Gasteiger charge is 2.50. The number of nitrogens with two attached hydrogens (primary N) is 2. The molecule has 1 aromatic rings. The molecule has 3 atom stereocenters. The quantitative estimate of drug-likeness (QED) is 0.317. The van der Waals surface area contributed by atoms with Crippen LogP contribution < -0.4 is 16.8 Å². The summed E-state index contributed by atoms with van der Waals surface area (Å²) in [4.78, 5) is 15.1. The lowest BCUT2D eigenvalue weighted by Crippen LogP contribution is -2.47. The molecule has 116 valence electrons. The number of hydrogen-bond donors (Lipinski definition) is 6. The summed E-state index contributed by atoms with van der Waals surface area (Å²) in [5.74, 6) is -0.943. The minimum atomic E-state index is -1.96. The second-order valence-corrected chi connectivity index (χ2v) is 4.96. The zero-order chi connectivity index (χ0) is 15.8. The summed E-state index contributed by atoms with van der Waals surface area (Å²) in [6, 6.07) is 0. The van der Waals surface area contributed by atoms with Crippen LogP contribution in [0.4, 0.5) is 5.82 Å². The van der Waals surface area contributed by atoms with Crippen LogP contribution in [0.2, 0.25) is 0 Å². The molecule has 1 aromatic heterocycles. The van der Waals surface area contributed by atoms with Gasteiger partial charge in [-0.2, -0.15) is 0 Å². The molecule has 10 nitrogen and oxygen atoms in total. The Kier molecular flexibility index (Phi) is 4.11. The number of aliphatic hydroxyl groups excluding tert-OH is 2. The third-order valence-electron chi connectivity index (χ3n) is 3.18. The van der Waals surface area contributed by atoms with Gasteiger partial charge in [-0.25, -0.2) is 4.98 Å². The molecule has 0 bridgehead atoms. The van der Waals surface area contributed by atoms with Crippen molar-refractivity contribution in [3.8, 4) is 0 Å². The van der Waals surface area contributed by atoms with Crippen LogP contribution in [0.3, 0.4) is 0 Å². The molecule has 21 heavy (non-hydrogen) atoms. The Labute approximate surface area is 124 Å². The second-order valence-electron chi connectivity index (χ2n) is 4.52. The summed E-state index contributed by atoms with van der Waals surface area (Å²) in [5.41, 5.74) is 8.37. The summed E-state index contributed by atoms with van der Waals surface area (Å²) >= 11 is 4.69. The molecule has 0 saturated carbocycles. The predicted molar refractivity (Wildman–Crippen MR) is 74.2 cm³/mol. The van der Waals surface area contributed by atoms with Gasteiger partial charge < -0.3 is 36.8 Å². The van der Waals surface area contributed by atoms with Gasteiger partial charge in [0, 0.05) is 0 Å². The van der Waals surface area contributed by atoms with Crippen molar-refractivity contribution in [2.75, 3.05) is 18.5 Å². The fourth-order valence-corrected chi connectivity index (χ4v) is 2.22. The van der Waals surface area contributed by atoms with Gasteiger partial charge in [0.15, 0.2) is 16.5 Å². The molecule has 0 aliphatic carbocycles. The van der Waals surface area contributed by atoms with Crippen molar-refractivity contribution in [1.82, 2.24) is 9.55 Å². The predicted octanol–water partition coefficient (Wildman–Crippen LogP) is -2.97. The number of carbonyl (C=O) groups excluding carboxylic acids is 1. The van der Waals surface area contributed by atoms with E-state index in [1.807, 2.05) is 0 Å². The van der Waals surface area contributed by atoms with E-state index in [1.54, 1.807) is 0 Å². The maximum absolute atomic E-state index is 11.3. The molecule has 1 fully saturated rings. The van der Waals surface area contributed by atoms with E-state index >= 15 is 0 Å². The first-order chi connectivity index (χ1) is 9.81. The van der Waals surface area contributed by atoms with Gasteiger partial charge in [-0.15, -0.1) is 0 Å². The summed E-state index contributed by atoms with van der Waals surface area (Å²) in [7, 11) is 0. The van der Waals surface area contributed by atoms with Gasteiger partial charge >= 0.3 is 0 Å². The van der Waals surface area contributed by atoms with E-state index in [4.69, 9.17) is 33.5 Å². The molecule has 11 heteroatoms. The molecule has 2 rings (SSSR count). The first kappa shape index (κ1) is 15.6. The van der Waals surface area contributed by atoms with Gasteiger partial charge in [-0.05, 0) is 12.2 Å². The molecule has 8 N–H and O–H groups in total. The minimum absolute atomic E-state index is 0.0706. The smallest absolute Gasteiger partial charge is 0.271 e. The average Bonchev–Trinajstić information content (AvgIpc) is 2.93. The Morgan fingerprint density at radius 1 is 1.67 bits per heavy atom. The van der Waals surface area contributed by atoms with E-state index in [9.17, 15) is 15.0 Å². The Morgan fingerprint density at radius 3 is 2.81 bits per heavy atom. The van der Waals surface area contributed by atoms with Gasteiger partial charge in [0.25, 0.3) is 5.91 Å². The van der Waals surface area contributed by atoms with Crippen LogP contribution in [0.5, 0.6) is 0 Å². The molecule has 1 saturated heterocycles. The Hall–Kier alpha value is -1.79. The number of thiocarbonyl (C=S) groups is 1. The number of rotatable bonds is 4. The van der Waals surface area contributed by atoms with Crippen molar-refractivity contribution in [1.29, 1.82) is 0 Å². The van der Waals surface area contributed by atoms with Crippen LogP contribution in [0.1, 0.15) is 10.5 Å². The number of primary amides is 1. The number of amides is 1. The number of aromatic nitrogens is 2. The maximum Gasteiger partial charge on any atom is 0.271 e. The number of hydrogen-bond acceptors (Lipinski definition) is 7. The molecular formula is C10H15N5O5S. The molecule has 2 heterocycles. The van der Waals surface area contributed by atoms with Gasteiger partial charge in [-0.1, -0.05) is 0 Å². The zero-order valence-corrected chi connectivity index (χ0v) is 11.6. The fourth-order valence-electron chi connectivity index (χ4n) is 2.13. The molecular weight excluding hydrogens is 302 g/mol. The topological polar surface area (TPSA) is 169 Å². The number of nitrogens with zero attached hydrogens (tertiary/aromatic N) is 2. The fraction of sp³-hybridized carbons (Fsp3) is 0.500. The monoisotopic (exact) mass is 317 g/mol. The van der Waals surface area contributed by atoms with Crippen LogP contribution in [0.15, 0.2) is 6.33 Å². The molecule has 1 aliphatic heterocycles. The Bertz CT molecular complexity index is 578. The van der Waals surface area contributed by atoms with E-state index in [0.717, 1.165) is 10.9 Å². The van der Waals surface area contributed by atoms with Gasteiger partial charge in [0.05, 0.1) is 19.5 Å². The Balaban J connectivity index is 2.48. The first-order valence-electron chi connectivity index (χ1n) is 5.88. The van der Waals surface area contributed by atoms with E-state index < -0.39 is 30.4 Å². The van der Waals surface area contributed by atoms with Crippen molar-refractivity contribution in [3.05, 3.63) is 12.0 Å². The minimum Gasteiger partial charge on any atom is -0.394 e. The van der Waals surface area contributed by atoms with Crippen molar-refractivity contribution in [2.45, 2.75) is 17.9 Å². The highest BCUT2D eigenvalue weighted by molar-refractivity contribution is 7.80. The summed E-state index contributed by atoms with van der Waals surface area (Å²) < 4.78 is 6.16. The molecule has 0 unspecified atom stereocenters. The molecule has 1 amide bonds. The highest BCUT2D eigenvalue weighted by atomic mass is 32.1. The lowest BCUT2D eigenvalue weighted by Gasteiger charge is -2.29. The standard InChI is InChI=1S/C10H15N5O5S/c11-7(18)5-8(14-9(12)21)15(3-13-5)10(19)2-20-4(1-16)6(10)17/h3-4,6,16-17,19H,1-2H2,(H2,11,18)(H3,12,14,21)/t4-,6-,10-/m1/s1. The van der Waals surface area contributed by atoms with E-state index in [1.165, 1.54) is 0 Å². The Morgan fingerprint density at radius 2 is 2.33 bits per heavy atom. The number of ether oxygens (including phenoxy) is 1. The van der Waals surface area contributed by atoms with Crippen LogP contribution >= 0.6 is 12.2 Å². The molecule has 0 spiro atoms. The summed E-state index contributed by atoms with van der Waals surface area (Å²) in [6.07, 6.45) is -1.34. The summed E-state index contributed by atoms with van der Waals surface area (Å²) in [5, 5.41) is 32.0. The van der Waals surface area contributed by atoms with Crippen molar-refractivity contribution >= 4 is 29.1 Å². The van der Waals surface area contributed by atoms with Gasteiger partial charge in [0.1, 0.15) is 18.0 Å². The first-order valence-corrected chi connectivity index (χ1v) is 6.29. The normalized spacial score (nSPS) is 28.5. The number of carbonyl (C=O) groups is 1. The van der Waals surface area contributed by atoms with Gasteiger partial charge in [0.2, 0.25) is 0 Å². The molecule has 0 radical (unpaired) electrons. The largest absolute Gasteiger partial charge is 0.394 e. The third kappa shape index (κ3) is 2.56. The lowest BCUT2D eigenvalue weighted by molar-refractivity contribution is -0.111. The van der Waals surface area contributed by atoms with E-state index in [2.05, 4.69) is 10.3 Å².